The summed E-state index contributed by atoms with van der Waals surface area (Å²) >= 11 is 0. The summed E-state index contributed by atoms with van der Waals surface area (Å²) in [5, 5.41) is 0. The van der Waals surface area contributed by atoms with E-state index in [2.05, 4.69) is 0 Å². The van der Waals surface area contributed by atoms with Crippen molar-refractivity contribution in [2.45, 2.75) is 20.8 Å². The smallest absolute Gasteiger partial charge is 0.193 e. The Morgan fingerprint density at radius 1 is 1.45 bits per heavy atom. The SMILES string of the molecule is CCO[P+](O)(CC(C)C)OC. The Balaban J connectivity index is 3.87. The Labute approximate surface area is 69.3 Å². The van der Waals surface area contributed by atoms with E-state index in [1.54, 1.807) is 0 Å². The van der Waals surface area contributed by atoms with Crippen molar-refractivity contribution in [3.63, 3.8) is 0 Å². The summed E-state index contributed by atoms with van der Waals surface area (Å²) in [5.41, 5.74) is 0. The van der Waals surface area contributed by atoms with Gasteiger partial charge in [-0.05, 0) is 12.8 Å². The molecule has 0 aliphatic rings. The van der Waals surface area contributed by atoms with Crippen molar-refractivity contribution < 1.29 is 13.9 Å². The van der Waals surface area contributed by atoms with Crippen molar-refractivity contribution in [2.75, 3.05) is 19.9 Å². The molecule has 1 atom stereocenters. The largest absolute Gasteiger partial charge is 0.408 e. The van der Waals surface area contributed by atoms with Crippen LogP contribution in [-0.4, -0.2) is 24.8 Å². The maximum atomic E-state index is 9.66. The van der Waals surface area contributed by atoms with Crippen LogP contribution in [0.4, 0.5) is 0 Å². The second-order valence-electron chi connectivity index (χ2n) is 2.81. The van der Waals surface area contributed by atoms with E-state index in [9.17, 15) is 4.89 Å². The van der Waals surface area contributed by atoms with Crippen molar-refractivity contribution >= 4 is 7.94 Å². The van der Waals surface area contributed by atoms with Gasteiger partial charge in [-0.1, -0.05) is 13.8 Å². The lowest BCUT2D eigenvalue weighted by molar-refractivity contribution is 0.209. The molecule has 68 valence electrons. The van der Waals surface area contributed by atoms with E-state index in [1.807, 2.05) is 20.8 Å². The molecule has 3 nitrogen and oxygen atoms in total. The van der Waals surface area contributed by atoms with Crippen LogP contribution in [0.15, 0.2) is 0 Å². The van der Waals surface area contributed by atoms with Crippen molar-refractivity contribution in [3.8, 4) is 0 Å². The fourth-order valence-corrected chi connectivity index (χ4v) is 2.53. The summed E-state index contributed by atoms with van der Waals surface area (Å²) in [5.74, 6) is 0.403. The zero-order valence-corrected chi connectivity index (χ0v) is 8.60. The number of hydrogen-bond acceptors (Lipinski definition) is 3. The molecule has 0 spiro atoms. The van der Waals surface area contributed by atoms with Gasteiger partial charge < -0.3 is 0 Å². The van der Waals surface area contributed by atoms with Crippen molar-refractivity contribution in [2.24, 2.45) is 5.92 Å². The highest BCUT2D eigenvalue weighted by molar-refractivity contribution is 7.60. The molecule has 1 unspecified atom stereocenters. The molecule has 0 amide bonds. The normalized spacial score (nSPS) is 16.9. The fourth-order valence-electron chi connectivity index (χ4n) is 0.843. The van der Waals surface area contributed by atoms with E-state index in [0.717, 1.165) is 0 Å². The van der Waals surface area contributed by atoms with Crippen LogP contribution in [0.2, 0.25) is 0 Å². The molecule has 0 bridgehead atoms. The topological polar surface area (TPSA) is 38.7 Å². The van der Waals surface area contributed by atoms with Gasteiger partial charge in [0.1, 0.15) is 6.16 Å². The molecule has 0 aromatic heterocycles. The highest BCUT2D eigenvalue weighted by atomic mass is 31.2. The molecule has 0 radical (unpaired) electrons. The van der Waals surface area contributed by atoms with Gasteiger partial charge in [0, 0.05) is 0 Å². The van der Waals surface area contributed by atoms with Crippen LogP contribution < -0.4 is 0 Å². The molecule has 0 aliphatic heterocycles. The molecule has 0 saturated heterocycles. The maximum Gasteiger partial charge on any atom is 0.408 e. The molecule has 0 saturated carbocycles. The Hall–Kier alpha value is 0.310. The van der Waals surface area contributed by atoms with E-state index in [0.29, 0.717) is 18.7 Å². The van der Waals surface area contributed by atoms with Gasteiger partial charge in [0.15, 0.2) is 0 Å². The first-order valence-corrected chi connectivity index (χ1v) is 5.61. The van der Waals surface area contributed by atoms with E-state index in [-0.39, 0.29) is 0 Å². The van der Waals surface area contributed by atoms with Gasteiger partial charge in [-0.15, -0.1) is 0 Å². The van der Waals surface area contributed by atoms with Crippen LogP contribution in [0.3, 0.4) is 0 Å². The molecule has 0 aromatic carbocycles. The molecule has 0 aromatic rings. The standard InChI is InChI=1S/C7H18O3P/c1-5-10-11(8,9-4)6-7(2)3/h7-8H,5-6H2,1-4H3/q+1. The van der Waals surface area contributed by atoms with E-state index < -0.39 is 7.94 Å². The lowest BCUT2D eigenvalue weighted by atomic mass is 10.3. The summed E-state index contributed by atoms with van der Waals surface area (Å²) in [4.78, 5) is 9.66. The Morgan fingerprint density at radius 3 is 2.27 bits per heavy atom. The molecule has 4 heteroatoms. The molecular formula is C7H18O3P+. The summed E-state index contributed by atoms with van der Waals surface area (Å²) in [6.45, 7) is 6.42. The minimum Gasteiger partial charge on any atom is -0.193 e. The molecule has 11 heavy (non-hydrogen) atoms. The Morgan fingerprint density at radius 2 is 2.00 bits per heavy atom. The Kier molecular flexibility index (Phi) is 5.19. The third kappa shape index (κ3) is 4.70. The maximum absolute atomic E-state index is 9.66. The quantitative estimate of drug-likeness (QED) is 0.660. The number of rotatable bonds is 5. The van der Waals surface area contributed by atoms with Crippen LogP contribution in [0.1, 0.15) is 20.8 Å². The summed E-state index contributed by atoms with van der Waals surface area (Å²) in [7, 11) is -1.01. The highest BCUT2D eigenvalue weighted by Crippen LogP contribution is 2.57. The minimum atomic E-state index is -2.51. The van der Waals surface area contributed by atoms with Crippen LogP contribution in [0.25, 0.3) is 0 Å². The molecule has 1 N–H and O–H groups in total. The lowest BCUT2D eigenvalue weighted by Crippen LogP contribution is -2.08. The third-order valence-electron chi connectivity index (χ3n) is 1.21. The van der Waals surface area contributed by atoms with Gasteiger partial charge in [0.25, 0.3) is 0 Å². The van der Waals surface area contributed by atoms with E-state index in [1.165, 1.54) is 7.11 Å². The lowest BCUT2D eigenvalue weighted by Gasteiger charge is -2.15. The van der Waals surface area contributed by atoms with Gasteiger partial charge in [-0.2, -0.15) is 13.9 Å². The summed E-state index contributed by atoms with van der Waals surface area (Å²) in [6, 6.07) is 0. The second-order valence-corrected chi connectivity index (χ2v) is 5.08. The van der Waals surface area contributed by atoms with Gasteiger partial charge >= 0.3 is 7.94 Å². The molecule has 0 aliphatic carbocycles. The average Bonchev–Trinajstić information content (AvgIpc) is 1.87. The Bertz CT molecular complexity index is 108. The monoisotopic (exact) mass is 181 g/mol. The molecule has 0 fully saturated rings. The zero-order valence-electron chi connectivity index (χ0n) is 7.70. The van der Waals surface area contributed by atoms with Crippen LogP contribution >= 0.6 is 7.94 Å². The van der Waals surface area contributed by atoms with Crippen molar-refractivity contribution in [3.05, 3.63) is 0 Å². The molecular weight excluding hydrogens is 163 g/mol. The molecule has 0 heterocycles. The summed E-state index contributed by atoms with van der Waals surface area (Å²) < 4.78 is 10.1. The van der Waals surface area contributed by atoms with Gasteiger partial charge in [-0.25, -0.2) is 0 Å². The predicted octanol–water partition coefficient (Wildman–Crippen LogP) is 2.08. The van der Waals surface area contributed by atoms with E-state index in [4.69, 9.17) is 9.05 Å². The fraction of sp³-hybridized carbons (Fsp3) is 1.00. The zero-order chi connectivity index (χ0) is 8.91. The first-order chi connectivity index (χ1) is 5.04. The van der Waals surface area contributed by atoms with Crippen molar-refractivity contribution in [1.29, 1.82) is 0 Å². The highest BCUT2D eigenvalue weighted by Gasteiger charge is 2.39. The van der Waals surface area contributed by atoms with Gasteiger partial charge in [0.2, 0.25) is 0 Å². The third-order valence-corrected chi connectivity index (χ3v) is 3.64. The number of hydrogen-bond donors (Lipinski definition) is 1. The van der Waals surface area contributed by atoms with Crippen LogP contribution in [-0.2, 0) is 9.05 Å². The van der Waals surface area contributed by atoms with Crippen molar-refractivity contribution in [1.82, 2.24) is 0 Å². The predicted molar refractivity (Wildman–Crippen MR) is 47.5 cm³/mol. The second kappa shape index (κ2) is 5.04. The van der Waals surface area contributed by atoms with Crippen LogP contribution in [0, 0.1) is 5.92 Å². The first-order valence-electron chi connectivity index (χ1n) is 3.85. The average molecular weight is 181 g/mol. The first kappa shape index (κ1) is 11.3. The molecule has 0 rings (SSSR count). The minimum absolute atomic E-state index is 0.403. The van der Waals surface area contributed by atoms with Gasteiger partial charge in [-0.3, -0.25) is 0 Å². The van der Waals surface area contributed by atoms with E-state index >= 15 is 0 Å². The summed E-state index contributed by atoms with van der Waals surface area (Å²) in [6.07, 6.45) is 0.608. The van der Waals surface area contributed by atoms with Gasteiger partial charge in [0.05, 0.1) is 13.7 Å². The van der Waals surface area contributed by atoms with Crippen LogP contribution in [0.5, 0.6) is 0 Å².